The van der Waals surface area contributed by atoms with Crippen molar-refractivity contribution in [3.63, 3.8) is 0 Å². The van der Waals surface area contributed by atoms with Gasteiger partial charge in [-0.2, -0.15) is 0 Å². The molecule has 0 heterocycles. The van der Waals surface area contributed by atoms with Gasteiger partial charge in [-0.3, -0.25) is 0 Å². The minimum absolute atomic E-state index is 0. The Morgan fingerprint density at radius 1 is 1.29 bits per heavy atom. The third kappa shape index (κ3) is 4.25. The van der Waals surface area contributed by atoms with Crippen molar-refractivity contribution in [2.24, 2.45) is 11.1 Å². The lowest BCUT2D eigenvalue weighted by atomic mass is 9.82. The summed E-state index contributed by atoms with van der Waals surface area (Å²) in [4.78, 5) is 0. The molecular formula is C13H21BrClNO. The summed E-state index contributed by atoms with van der Waals surface area (Å²) < 4.78 is 0.961. The number of aryl methyl sites for hydroxylation is 1. The molecule has 98 valence electrons. The second-order valence-electron chi connectivity index (χ2n) is 5.36. The lowest BCUT2D eigenvalue weighted by Crippen LogP contribution is -2.37. The van der Waals surface area contributed by atoms with E-state index in [0.29, 0.717) is 0 Å². The molecule has 0 unspecified atom stereocenters. The van der Waals surface area contributed by atoms with Crippen molar-refractivity contribution in [1.29, 1.82) is 0 Å². The molecule has 0 spiro atoms. The number of rotatable bonds is 2. The molecule has 0 fully saturated rings. The Labute approximate surface area is 118 Å². The fourth-order valence-electron chi connectivity index (χ4n) is 1.61. The smallest absolute Gasteiger partial charge is 0.0781 e. The first-order valence-corrected chi connectivity index (χ1v) is 6.22. The molecular weight excluding hydrogens is 302 g/mol. The van der Waals surface area contributed by atoms with E-state index < -0.39 is 6.10 Å². The summed E-state index contributed by atoms with van der Waals surface area (Å²) in [5.74, 6) is 0. The number of benzene rings is 1. The number of hydrogen-bond acceptors (Lipinski definition) is 2. The zero-order chi connectivity index (χ0) is 12.5. The highest BCUT2D eigenvalue weighted by Gasteiger charge is 2.29. The van der Waals surface area contributed by atoms with E-state index in [-0.39, 0.29) is 23.9 Å². The summed E-state index contributed by atoms with van der Waals surface area (Å²) in [6.07, 6.45) is -0.563. The van der Waals surface area contributed by atoms with Crippen molar-refractivity contribution in [3.05, 3.63) is 33.8 Å². The molecule has 0 aliphatic heterocycles. The Morgan fingerprint density at radius 2 is 1.82 bits per heavy atom. The summed E-state index contributed by atoms with van der Waals surface area (Å²) >= 11 is 3.49. The van der Waals surface area contributed by atoms with Crippen LogP contribution in [0.4, 0.5) is 0 Å². The first-order valence-electron chi connectivity index (χ1n) is 5.43. The van der Waals surface area contributed by atoms with E-state index in [1.54, 1.807) is 0 Å². The summed E-state index contributed by atoms with van der Waals surface area (Å²) in [5.41, 5.74) is 8.00. The van der Waals surface area contributed by atoms with Crippen molar-refractivity contribution in [1.82, 2.24) is 0 Å². The molecule has 0 amide bonds. The van der Waals surface area contributed by atoms with Crippen molar-refractivity contribution in [3.8, 4) is 0 Å². The van der Waals surface area contributed by atoms with Crippen LogP contribution in [0, 0.1) is 12.3 Å². The molecule has 1 aromatic carbocycles. The molecule has 0 aromatic heterocycles. The Morgan fingerprint density at radius 3 is 2.24 bits per heavy atom. The summed E-state index contributed by atoms with van der Waals surface area (Å²) in [5, 5.41) is 10.2. The van der Waals surface area contributed by atoms with Gasteiger partial charge < -0.3 is 10.8 Å². The second-order valence-corrected chi connectivity index (χ2v) is 6.22. The molecule has 4 heteroatoms. The molecule has 1 aromatic rings. The predicted molar refractivity (Wildman–Crippen MR) is 78.5 cm³/mol. The minimum atomic E-state index is -0.563. The third-order valence-electron chi connectivity index (χ3n) is 2.74. The molecule has 2 atom stereocenters. The normalized spacial score (nSPS) is 15.0. The average Bonchev–Trinajstić information content (AvgIpc) is 2.14. The number of nitrogens with two attached hydrogens (primary N) is 1. The second kappa shape index (κ2) is 6.19. The number of aliphatic hydroxyl groups excluding tert-OH is 1. The van der Waals surface area contributed by atoms with Crippen LogP contribution in [0.3, 0.4) is 0 Å². The van der Waals surface area contributed by atoms with Gasteiger partial charge in [-0.05, 0) is 29.5 Å². The van der Waals surface area contributed by atoms with Gasteiger partial charge in [-0.1, -0.05) is 48.8 Å². The third-order valence-corrected chi connectivity index (χ3v) is 3.43. The zero-order valence-corrected chi connectivity index (χ0v) is 13.1. The van der Waals surface area contributed by atoms with Gasteiger partial charge in [0.1, 0.15) is 0 Å². The average molecular weight is 323 g/mol. The van der Waals surface area contributed by atoms with Crippen LogP contribution in [-0.4, -0.2) is 11.2 Å². The van der Waals surface area contributed by atoms with Gasteiger partial charge in [0.15, 0.2) is 0 Å². The first-order chi connectivity index (χ1) is 7.23. The van der Waals surface area contributed by atoms with E-state index in [2.05, 4.69) is 15.9 Å². The summed E-state index contributed by atoms with van der Waals surface area (Å²) in [6, 6.07) is 5.63. The minimum Gasteiger partial charge on any atom is -0.391 e. The van der Waals surface area contributed by atoms with Gasteiger partial charge in [-0.25, -0.2) is 0 Å². The molecule has 0 saturated heterocycles. The van der Waals surface area contributed by atoms with Crippen molar-refractivity contribution < 1.29 is 5.11 Å². The topological polar surface area (TPSA) is 46.2 Å². The fourth-order valence-corrected chi connectivity index (χ4v) is 2.37. The molecule has 0 aliphatic rings. The van der Waals surface area contributed by atoms with Gasteiger partial charge in [0.25, 0.3) is 0 Å². The van der Waals surface area contributed by atoms with Gasteiger partial charge in [0.05, 0.1) is 12.1 Å². The van der Waals surface area contributed by atoms with E-state index in [1.807, 2.05) is 45.9 Å². The molecule has 2 nitrogen and oxygen atoms in total. The van der Waals surface area contributed by atoms with Crippen LogP contribution in [0.2, 0.25) is 0 Å². The standard InChI is InChI=1S/C13H20BrNO.ClH/c1-8-5-6-9(10(14)7-8)11(15)12(16)13(2,3)4;/h5-7,11-12,16H,15H2,1-4H3;1H/t11-,12-;/m0./s1. The molecule has 0 bridgehead atoms. The Hall–Kier alpha value is -0.0900. The number of halogens is 2. The van der Waals surface area contributed by atoms with Crippen molar-refractivity contribution in [2.45, 2.75) is 39.8 Å². The monoisotopic (exact) mass is 321 g/mol. The van der Waals surface area contributed by atoms with E-state index >= 15 is 0 Å². The lowest BCUT2D eigenvalue weighted by molar-refractivity contribution is 0.0399. The molecule has 0 aliphatic carbocycles. The van der Waals surface area contributed by atoms with E-state index in [1.165, 1.54) is 5.56 Å². The molecule has 0 radical (unpaired) electrons. The van der Waals surface area contributed by atoms with Gasteiger partial charge >= 0.3 is 0 Å². The predicted octanol–water partition coefficient (Wildman–Crippen LogP) is 3.59. The maximum absolute atomic E-state index is 10.2. The largest absolute Gasteiger partial charge is 0.391 e. The van der Waals surface area contributed by atoms with Crippen LogP contribution in [0.25, 0.3) is 0 Å². The molecule has 0 saturated carbocycles. The Kier molecular flexibility index (Phi) is 6.15. The van der Waals surface area contributed by atoms with Crippen LogP contribution < -0.4 is 5.73 Å². The van der Waals surface area contributed by atoms with E-state index in [9.17, 15) is 5.11 Å². The quantitative estimate of drug-likeness (QED) is 0.874. The van der Waals surface area contributed by atoms with Crippen LogP contribution in [-0.2, 0) is 0 Å². The zero-order valence-electron chi connectivity index (χ0n) is 10.7. The van der Waals surface area contributed by atoms with Crippen LogP contribution in [0.1, 0.15) is 37.9 Å². The highest BCUT2D eigenvalue weighted by atomic mass is 79.9. The lowest BCUT2D eigenvalue weighted by Gasteiger charge is -2.31. The van der Waals surface area contributed by atoms with Crippen LogP contribution in [0.5, 0.6) is 0 Å². The Balaban J connectivity index is 0.00000256. The summed E-state index contributed by atoms with van der Waals surface area (Å²) in [7, 11) is 0. The SMILES string of the molecule is Cc1ccc([C@H](N)[C@H](O)C(C)(C)C)c(Br)c1.Cl. The first kappa shape index (κ1) is 16.9. The van der Waals surface area contributed by atoms with Crippen molar-refractivity contribution in [2.75, 3.05) is 0 Å². The molecule has 3 N–H and O–H groups in total. The number of hydrogen-bond donors (Lipinski definition) is 2. The van der Waals surface area contributed by atoms with Crippen LogP contribution >= 0.6 is 28.3 Å². The highest BCUT2D eigenvalue weighted by molar-refractivity contribution is 9.10. The van der Waals surface area contributed by atoms with E-state index in [4.69, 9.17) is 5.73 Å². The highest BCUT2D eigenvalue weighted by Crippen LogP contribution is 2.32. The fraction of sp³-hybridized carbons (Fsp3) is 0.538. The molecule has 1 rings (SSSR count). The maximum Gasteiger partial charge on any atom is 0.0781 e. The molecule has 17 heavy (non-hydrogen) atoms. The van der Waals surface area contributed by atoms with E-state index in [0.717, 1.165) is 10.0 Å². The van der Waals surface area contributed by atoms with Crippen molar-refractivity contribution >= 4 is 28.3 Å². The van der Waals surface area contributed by atoms with Gasteiger partial charge in [0.2, 0.25) is 0 Å². The Bertz CT molecular complexity index is 376. The maximum atomic E-state index is 10.2. The van der Waals surface area contributed by atoms with Crippen LogP contribution in [0.15, 0.2) is 22.7 Å². The number of aliphatic hydroxyl groups is 1. The van der Waals surface area contributed by atoms with Gasteiger partial charge in [0, 0.05) is 4.47 Å². The van der Waals surface area contributed by atoms with Gasteiger partial charge in [-0.15, -0.1) is 12.4 Å². The summed E-state index contributed by atoms with van der Waals surface area (Å²) in [6.45, 7) is 7.99.